The van der Waals surface area contributed by atoms with Crippen LogP contribution in [-0.2, 0) is 0 Å². The predicted octanol–water partition coefficient (Wildman–Crippen LogP) is 17.9. The van der Waals surface area contributed by atoms with Crippen LogP contribution in [0.15, 0.2) is 242 Å². The number of thiophene rings is 1. The summed E-state index contributed by atoms with van der Waals surface area (Å²) in [4.78, 5) is 1.68. The van der Waals surface area contributed by atoms with Gasteiger partial charge in [-0.05, 0) is 122 Å². The normalized spacial score (nSPS) is 14.1. The average molecular weight is 856 g/mol. The molecule has 3 heteroatoms. The Morgan fingerprint density at radius 2 is 0.985 bits per heavy atom. The molecule has 11 aromatic carbocycles. The molecule has 0 spiro atoms. The van der Waals surface area contributed by atoms with Gasteiger partial charge in [-0.2, -0.15) is 0 Å². The van der Waals surface area contributed by atoms with Gasteiger partial charge in [0, 0.05) is 53.7 Å². The van der Waals surface area contributed by atoms with Gasteiger partial charge >= 0.3 is 0 Å². The summed E-state index contributed by atoms with van der Waals surface area (Å²) in [6.45, 7) is 0. The number of para-hydroxylation sites is 2. The molecule has 0 fully saturated rings. The molecule has 65 heavy (non-hydrogen) atoms. The monoisotopic (exact) mass is 855 g/mol. The maximum atomic E-state index is 9.68. The second-order valence-electron chi connectivity index (χ2n) is 16.0. The lowest BCUT2D eigenvalue weighted by Crippen LogP contribution is -2.09. The first kappa shape index (κ1) is 27.7. The van der Waals surface area contributed by atoms with Gasteiger partial charge in [-0.3, -0.25) is 0 Å². The van der Waals surface area contributed by atoms with E-state index in [-0.39, 0.29) is 16.5 Å². The number of anilines is 3. The van der Waals surface area contributed by atoms with E-state index in [1.54, 1.807) is 16.2 Å². The van der Waals surface area contributed by atoms with E-state index in [1.165, 1.54) is 20.9 Å². The van der Waals surface area contributed by atoms with Crippen molar-refractivity contribution in [3.05, 3.63) is 242 Å². The molecule has 0 saturated heterocycles. The SMILES string of the molecule is [2H]c1c([2H])c(N(c2ccc(-c3cccc(-n4c5ccccc5c5ccccc54)c3)cc2)c2ccc(-c3cccc4c3sc3c5ccccc5ccc43)cc2)c([2H])c([2H])c1-c1c([2H])c([2H])c2c([2H])c([2H])c([2H])c([2H])c2c1[2H]. The van der Waals surface area contributed by atoms with Crippen LogP contribution in [0, 0.1) is 0 Å². The lowest BCUT2D eigenvalue weighted by Gasteiger charge is -2.26. The van der Waals surface area contributed by atoms with Crippen LogP contribution < -0.4 is 4.90 Å². The van der Waals surface area contributed by atoms with E-state index < -0.39 is 77.6 Å². The van der Waals surface area contributed by atoms with Gasteiger partial charge in [0.15, 0.2) is 0 Å². The number of rotatable bonds is 7. The van der Waals surface area contributed by atoms with E-state index in [0.717, 1.165) is 59.8 Å². The molecule has 0 atom stereocenters. The van der Waals surface area contributed by atoms with Crippen molar-refractivity contribution in [2.45, 2.75) is 0 Å². The first-order chi connectivity index (χ1) is 36.8. The van der Waals surface area contributed by atoms with E-state index in [0.29, 0.717) is 11.4 Å². The van der Waals surface area contributed by atoms with Gasteiger partial charge in [0.2, 0.25) is 0 Å². The highest BCUT2D eigenvalue weighted by atomic mass is 32.1. The summed E-state index contributed by atoms with van der Waals surface area (Å²) < 4.78 is 104. The number of fused-ring (bicyclic) bond motifs is 9. The fourth-order valence-corrected chi connectivity index (χ4v) is 10.6. The summed E-state index contributed by atoms with van der Waals surface area (Å²) in [5.41, 5.74) is 7.08. The number of nitrogens with zero attached hydrogens (tertiary/aromatic N) is 2. The fraction of sp³-hybridized carbons (Fsp3) is 0. The first-order valence-electron chi connectivity index (χ1n) is 26.9. The van der Waals surface area contributed by atoms with Crippen molar-refractivity contribution < 1.29 is 15.1 Å². The van der Waals surface area contributed by atoms with Crippen molar-refractivity contribution in [1.29, 1.82) is 0 Å². The molecule has 0 N–H and O–H groups in total. The molecule has 0 bridgehead atoms. The molecule has 304 valence electrons. The van der Waals surface area contributed by atoms with E-state index in [4.69, 9.17) is 8.22 Å². The third-order valence-electron chi connectivity index (χ3n) is 12.3. The minimum Gasteiger partial charge on any atom is -0.311 e. The molecule has 0 unspecified atom stereocenters. The summed E-state index contributed by atoms with van der Waals surface area (Å²) in [7, 11) is 0. The van der Waals surface area contributed by atoms with Gasteiger partial charge in [-0.1, -0.05) is 176 Å². The number of hydrogen-bond acceptors (Lipinski definition) is 2. The van der Waals surface area contributed by atoms with Crippen LogP contribution in [0.5, 0.6) is 0 Å². The highest BCUT2D eigenvalue weighted by Crippen LogP contribution is 2.44. The fourth-order valence-electron chi connectivity index (χ4n) is 9.23. The second kappa shape index (κ2) is 15.2. The summed E-state index contributed by atoms with van der Waals surface area (Å²) in [6, 6.07) is 53.1. The zero-order chi connectivity index (χ0) is 52.4. The number of aromatic nitrogens is 1. The molecule has 2 nitrogen and oxygen atoms in total. The average Bonchev–Trinajstić information content (AvgIpc) is 4.07. The molecular weight excluding hydrogens is 805 g/mol. The largest absolute Gasteiger partial charge is 0.311 e. The van der Waals surface area contributed by atoms with Gasteiger partial charge in [-0.15, -0.1) is 11.3 Å². The van der Waals surface area contributed by atoms with Crippen molar-refractivity contribution in [3.63, 3.8) is 0 Å². The van der Waals surface area contributed by atoms with Gasteiger partial charge < -0.3 is 9.47 Å². The Hall–Kier alpha value is -8.24. The van der Waals surface area contributed by atoms with E-state index >= 15 is 0 Å². The summed E-state index contributed by atoms with van der Waals surface area (Å²) in [5.74, 6) is 0. The van der Waals surface area contributed by atoms with Crippen LogP contribution >= 0.6 is 11.3 Å². The van der Waals surface area contributed by atoms with Crippen LogP contribution in [0.25, 0.3) is 103 Å². The lowest BCUT2D eigenvalue weighted by atomic mass is 10.00. The molecule has 13 rings (SSSR count). The Bertz CT molecular complexity index is 4520. The molecular formula is C62H40N2S. The van der Waals surface area contributed by atoms with Gasteiger partial charge in [-0.25, -0.2) is 0 Å². The van der Waals surface area contributed by atoms with Crippen LogP contribution in [0.2, 0.25) is 0 Å². The topological polar surface area (TPSA) is 8.17 Å². The zero-order valence-electron chi connectivity index (χ0n) is 45.5. The zero-order valence-corrected chi connectivity index (χ0v) is 35.4. The lowest BCUT2D eigenvalue weighted by molar-refractivity contribution is 1.18. The van der Waals surface area contributed by atoms with Crippen LogP contribution in [0.4, 0.5) is 17.1 Å². The van der Waals surface area contributed by atoms with Crippen LogP contribution in [-0.4, -0.2) is 4.57 Å². The maximum Gasteiger partial charge on any atom is 0.0645 e. The Morgan fingerprint density at radius 3 is 1.74 bits per heavy atom. The summed E-state index contributed by atoms with van der Waals surface area (Å²) in [5, 5.41) is 6.33. The van der Waals surface area contributed by atoms with Crippen molar-refractivity contribution in [3.8, 4) is 39.1 Å². The molecule has 0 aliphatic rings. The molecule has 13 aromatic rings. The van der Waals surface area contributed by atoms with Gasteiger partial charge in [0.25, 0.3) is 0 Å². The highest BCUT2D eigenvalue weighted by Gasteiger charge is 2.17. The standard InChI is InChI=1S/C62H40N2S/c1-2-13-46-39-48(24-23-41(46)11-1)43-27-34-50(35-28-43)63(51-36-29-45(30-37-51)54-19-10-20-57-58-38-31-44-12-3-4-16-53(44)62(58)65-61(54)57)49-32-25-42(26-33-49)47-14-9-15-52(40-47)64-59-21-7-5-17-55(59)56-18-6-8-22-60(56)64/h1-40H/i1D,2D,11D,13D,23D,24D,27D,28D,34D,35D,39D. The highest BCUT2D eigenvalue weighted by molar-refractivity contribution is 7.27. The van der Waals surface area contributed by atoms with Crippen molar-refractivity contribution in [1.82, 2.24) is 4.57 Å². The Morgan fingerprint density at radius 1 is 0.369 bits per heavy atom. The van der Waals surface area contributed by atoms with Crippen LogP contribution in [0.3, 0.4) is 0 Å². The molecule has 0 amide bonds. The molecule has 2 aromatic heterocycles. The minimum atomic E-state index is -0.650. The second-order valence-corrected chi connectivity index (χ2v) is 17.0. The third kappa shape index (κ3) is 6.31. The summed E-state index contributed by atoms with van der Waals surface area (Å²) >= 11 is 1.75. The maximum absolute atomic E-state index is 9.68. The van der Waals surface area contributed by atoms with Gasteiger partial charge in [0.1, 0.15) is 0 Å². The molecule has 0 radical (unpaired) electrons. The molecule has 0 aliphatic carbocycles. The molecule has 2 heterocycles. The van der Waals surface area contributed by atoms with Crippen molar-refractivity contribution in [2.24, 2.45) is 0 Å². The van der Waals surface area contributed by atoms with E-state index in [2.05, 4.69) is 89.5 Å². The smallest absolute Gasteiger partial charge is 0.0645 e. The molecule has 0 saturated carbocycles. The van der Waals surface area contributed by atoms with E-state index in [1.807, 2.05) is 91.0 Å². The third-order valence-corrected chi connectivity index (χ3v) is 13.6. The number of benzene rings is 11. The number of hydrogen-bond donors (Lipinski definition) is 0. The molecule has 0 aliphatic heterocycles. The summed E-state index contributed by atoms with van der Waals surface area (Å²) in [6.07, 6.45) is 0. The van der Waals surface area contributed by atoms with Crippen molar-refractivity contribution >= 4 is 91.9 Å². The van der Waals surface area contributed by atoms with Crippen LogP contribution in [0.1, 0.15) is 15.1 Å². The van der Waals surface area contributed by atoms with Gasteiger partial charge in [0.05, 0.1) is 26.1 Å². The van der Waals surface area contributed by atoms with Crippen molar-refractivity contribution in [2.75, 3.05) is 4.90 Å². The first-order valence-corrected chi connectivity index (χ1v) is 22.2. The van der Waals surface area contributed by atoms with E-state index in [9.17, 15) is 6.85 Å². The Balaban J connectivity index is 0.965. The quantitative estimate of drug-likeness (QED) is 0.155. The Labute approximate surface area is 396 Å². The Kier molecular flexibility index (Phi) is 6.50. The predicted molar refractivity (Wildman–Crippen MR) is 280 cm³/mol. The minimum absolute atomic E-state index is 0.0991.